The summed E-state index contributed by atoms with van der Waals surface area (Å²) in [6, 6.07) is 7.89. The molecule has 4 nitrogen and oxygen atoms in total. The van der Waals surface area contributed by atoms with Gasteiger partial charge in [0.25, 0.3) is 0 Å². The maximum Gasteiger partial charge on any atom is 0.199 e. The first-order valence-electron chi connectivity index (χ1n) is 6.97. The van der Waals surface area contributed by atoms with Crippen LogP contribution >= 0.6 is 0 Å². The van der Waals surface area contributed by atoms with E-state index >= 15 is 0 Å². The van der Waals surface area contributed by atoms with Crippen molar-refractivity contribution < 1.29 is 19.3 Å². The van der Waals surface area contributed by atoms with E-state index in [1.165, 1.54) is 0 Å². The molecule has 3 unspecified atom stereocenters. The summed E-state index contributed by atoms with van der Waals surface area (Å²) in [6.07, 6.45) is 2.73. The van der Waals surface area contributed by atoms with Crippen molar-refractivity contribution in [2.45, 2.75) is 37.6 Å². The molecule has 1 N–H and O–H groups in total. The van der Waals surface area contributed by atoms with Gasteiger partial charge in [0.15, 0.2) is 6.29 Å². The molecule has 0 saturated carbocycles. The molecule has 0 bridgehead atoms. The van der Waals surface area contributed by atoms with E-state index in [-0.39, 0.29) is 12.2 Å². The lowest BCUT2D eigenvalue weighted by atomic mass is 9.96. The number of rotatable bonds is 3. The van der Waals surface area contributed by atoms with Gasteiger partial charge in [-0.15, -0.1) is 0 Å². The molecule has 1 aromatic carbocycles. The number of ether oxygens (including phenoxy) is 3. The predicted octanol–water partition coefficient (Wildman–Crippen LogP) is 2.07. The molecule has 1 aromatic rings. The van der Waals surface area contributed by atoms with Gasteiger partial charge in [0.1, 0.15) is 5.75 Å². The Kier molecular flexibility index (Phi) is 4.01. The second-order valence-corrected chi connectivity index (χ2v) is 5.19. The van der Waals surface area contributed by atoms with Gasteiger partial charge in [-0.05, 0) is 30.5 Å². The molecule has 2 aliphatic rings. The van der Waals surface area contributed by atoms with Crippen molar-refractivity contribution >= 4 is 0 Å². The van der Waals surface area contributed by atoms with E-state index in [2.05, 4.69) is 0 Å². The Hall–Kier alpha value is -1.10. The molecular weight excluding hydrogens is 244 g/mol. The minimum absolute atomic E-state index is 0.0833. The molecule has 19 heavy (non-hydrogen) atoms. The standard InChI is InChI=1S/C15H20O4/c16-14-10-17-9-13(14)11-4-6-12(7-5-11)19-15-3-1-2-8-18-15/h4-7,13-16H,1-3,8-10H2. The largest absolute Gasteiger partial charge is 0.465 e. The molecule has 2 fully saturated rings. The van der Waals surface area contributed by atoms with Crippen molar-refractivity contribution in [3.63, 3.8) is 0 Å². The third-order valence-corrected chi connectivity index (χ3v) is 3.76. The van der Waals surface area contributed by atoms with Gasteiger partial charge in [-0.2, -0.15) is 0 Å². The van der Waals surface area contributed by atoms with Crippen LogP contribution in [-0.2, 0) is 9.47 Å². The van der Waals surface area contributed by atoms with Crippen molar-refractivity contribution in [3.05, 3.63) is 29.8 Å². The zero-order chi connectivity index (χ0) is 13.1. The zero-order valence-corrected chi connectivity index (χ0v) is 11.0. The SMILES string of the molecule is OC1COCC1c1ccc(OC2CCCCO2)cc1. The molecule has 3 rings (SSSR count). The Balaban J connectivity index is 1.61. The predicted molar refractivity (Wildman–Crippen MR) is 70.2 cm³/mol. The van der Waals surface area contributed by atoms with Crippen LogP contribution in [0.15, 0.2) is 24.3 Å². The molecule has 2 saturated heterocycles. The number of aliphatic hydroxyl groups excluding tert-OH is 1. The first-order chi connectivity index (χ1) is 9.33. The van der Waals surface area contributed by atoms with E-state index in [0.29, 0.717) is 13.2 Å². The Morgan fingerprint density at radius 2 is 1.95 bits per heavy atom. The molecule has 2 aliphatic heterocycles. The van der Waals surface area contributed by atoms with Crippen molar-refractivity contribution in [1.82, 2.24) is 0 Å². The number of benzene rings is 1. The van der Waals surface area contributed by atoms with Crippen LogP contribution < -0.4 is 4.74 Å². The highest BCUT2D eigenvalue weighted by atomic mass is 16.7. The lowest BCUT2D eigenvalue weighted by Crippen LogP contribution is -2.25. The van der Waals surface area contributed by atoms with Crippen LogP contribution in [0.4, 0.5) is 0 Å². The van der Waals surface area contributed by atoms with Crippen molar-refractivity contribution in [1.29, 1.82) is 0 Å². The van der Waals surface area contributed by atoms with Gasteiger partial charge in [-0.25, -0.2) is 0 Å². The highest BCUT2D eigenvalue weighted by Crippen LogP contribution is 2.28. The fraction of sp³-hybridized carbons (Fsp3) is 0.600. The van der Waals surface area contributed by atoms with Gasteiger partial charge in [0, 0.05) is 12.3 Å². The van der Waals surface area contributed by atoms with E-state index in [9.17, 15) is 5.11 Å². The lowest BCUT2D eigenvalue weighted by Gasteiger charge is -2.23. The molecule has 2 heterocycles. The minimum atomic E-state index is -0.395. The molecule has 0 radical (unpaired) electrons. The summed E-state index contributed by atoms with van der Waals surface area (Å²) >= 11 is 0. The van der Waals surface area contributed by atoms with Crippen LogP contribution in [0, 0.1) is 0 Å². The minimum Gasteiger partial charge on any atom is -0.465 e. The Labute approximate surface area is 113 Å². The van der Waals surface area contributed by atoms with E-state index in [1.807, 2.05) is 24.3 Å². The molecule has 0 spiro atoms. The Morgan fingerprint density at radius 3 is 2.58 bits per heavy atom. The average molecular weight is 264 g/mol. The van der Waals surface area contributed by atoms with Crippen LogP contribution in [-0.4, -0.2) is 37.3 Å². The highest BCUT2D eigenvalue weighted by molar-refractivity contribution is 5.30. The van der Waals surface area contributed by atoms with Gasteiger partial charge < -0.3 is 19.3 Å². The molecule has 0 aliphatic carbocycles. The molecule has 0 aromatic heterocycles. The van der Waals surface area contributed by atoms with Crippen LogP contribution in [0.2, 0.25) is 0 Å². The van der Waals surface area contributed by atoms with Gasteiger partial charge in [-0.1, -0.05) is 12.1 Å². The van der Waals surface area contributed by atoms with Crippen LogP contribution in [0.25, 0.3) is 0 Å². The van der Waals surface area contributed by atoms with Gasteiger partial charge in [0.2, 0.25) is 0 Å². The van der Waals surface area contributed by atoms with E-state index in [1.54, 1.807) is 0 Å². The maximum atomic E-state index is 9.80. The fourth-order valence-corrected chi connectivity index (χ4v) is 2.61. The van der Waals surface area contributed by atoms with Crippen LogP contribution in [0.3, 0.4) is 0 Å². The van der Waals surface area contributed by atoms with Gasteiger partial charge >= 0.3 is 0 Å². The topological polar surface area (TPSA) is 47.9 Å². The maximum absolute atomic E-state index is 9.80. The van der Waals surface area contributed by atoms with E-state index < -0.39 is 6.10 Å². The number of hydrogen-bond donors (Lipinski definition) is 1. The van der Waals surface area contributed by atoms with Crippen molar-refractivity contribution in [2.75, 3.05) is 19.8 Å². The molecule has 4 heteroatoms. The second-order valence-electron chi connectivity index (χ2n) is 5.19. The summed E-state index contributed by atoms with van der Waals surface area (Å²) < 4.78 is 16.6. The van der Waals surface area contributed by atoms with Crippen LogP contribution in [0.1, 0.15) is 30.7 Å². The van der Waals surface area contributed by atoms with Crippen molar-refractivity contribution in [3.8, 4) is 5.75 Å². The van der Waals surface area contributed by atoms with Gasteiger partial charge in [0.05, 0.1) is 25.9 Å². The Bertz CT molecular complexity index is 397. The first-order valence-corrected chi connectivity index (χ1v) is 6.97. The first kappa shape index (κ1) is 12.9. The quantitative estimate of drug-likeness (QED) is 0.908. The smallest absolute Gasteiger partial charge is 0.199 e. The summed E-state index contributed by atoms with van der Waals surface area (Å²) in [7, 11) is 0. The van der Waals surface area contributed by atoms with E-state index in [4.69, 9.17) is 14.2 Å². The van der Waals surface area contributed by atoms with E-state index in [0.717, 1.165) is 37.2 Å². The monoisotopic (exact) mass is 264 g/mol. The average Bonchev–Trinajstić information content (AvgIpc) is 2.87. The number of aliphatic hydroxyl groups is 1. The summed E-state index contributed by atoms with van der Waals surface area (Å²) in [5.41, 5.74) is 1.10. The third-order valence-electron chi connectivity index (χ3n) is 3.76. The third kappa shape index (κ3) is 3.08. The van der Waals surface area contributed by atoms with Crippen LogP contribution in [0.5, 0.6) is 5.75 Å². The van der Waals surface area contributed by atoms with Crippen molar-refractivity contribution in [2.24, 2.45) is 0 Å². The summed E-state index contributed by atoms with van der Waals surface area (Å²) in [4.78, 5) is 0. The second kappa shape index (κ2) is 5.90. The molecule has 104 valence electrons. The van der Waals surface area contributed by atoms with Gasteiger partial charge in [-0.3, -0.25) is 0 Å². The number of hydrogen-bond acceptors (Lipinski definition) is 4. The lowest BCUT2D eigenvalue weighted by molar-refractivity contribution is -0.105. The summed E-state index contributed by atoms with van der Waals surface area (Å²) in [5.74, 6) is 0.907. The molecular formula is C15H20O4. The fourth-order valence-electron chi connectivity index (χ4n) is 2.61. The summed E-state index contributed by atoms with van der Waals surface area (Å²) in [5, 5.41) is 9.80. The summed E-state index contributed by atoms with van der Waals surface area (Å²) in [6.45, 7) is 1.81. The highest BCUT2D eigenvalue weighted by Gasteiger charge is 2.27. The molecule has 0 amide bonds. The molecule has 3 atom stereocenters. The Morgan fingerprint density at radius 1 is 1.11 bits per heavy atom. The normalized spacial score (nSPS) is 31.3. The zero-order valence-electron chi connectivity index (χ0n) is 11.0.